The maximum atomic E-state index is 12.0. The van der Waals surface area contributed by atoms with E-state index in [1.54, 1.807) is 0 Å². The number of carbonyl (C=O) groups is 1. The first-order valence-electron chi connectivity index (χ1n) is 6.04. The predicted octanol–water partition coefficient (Wildman–Crippen LogP) is 0.700. The van der Waals surface area contributed by atoms with Crippen LogP contribution in [-0.4, -0.2) is 59.1 Å². The average molecular weight is 228 g/mol. The Morgan fingerprint density at radius 3 is 2.38 bits per heavy atom. The second-order valence-electron chi connectivity index (χ2n) is 5.24. The van der Waals surface area contributed by atoms with E-state index >= 15 is 0 Å². The monoisotopic (exact) mass is 228 g/mol. The van der Waals surface area contributed by atoms with Crippen molar-refractivity contribution in [3.8, 4) is 0 Å². The van der Waals surface area contributed by atoms with Crippen LogP contribution < -0.4 is 0 Å². The molecule has 4 heteroatoms. The first-order valence-corrected chi connectivity index (χ1v) is 6.04. The van der Waals surface area contributed by atoms with E-state index in [0.29, 0.717) is 12.6 Å². The van der Waals surface area contributed by atoms with Crippen molar-refractivity contribution < 1.29 is 9.90 Å². The fourth-order valence-corrected chi connectivity index (χ4v) is 1.65. The summed E-state index contributed by atoms with van der Waals surface area (Å²) < 4.78 is 0. The predicted molar refractivity (Wildman–Crippen MR) is 64.2 cm³/mol. The minimum absolute atomic E-state index is 0.0618. The van der Waals surface area contributed by atoms with Crippen LogP contribution in [0.25, 0.3) is 0 Å². The fourth-order valence-electron chi connectivity index (χ4n) is 1.65. The van der Waals surface area contributed by atoms with Crippen LogP contribution in [-0.2, 0) is 4.79 Å². The molecule has 16 heavy (non-hydrogen) atoms. The van der Waals surface area contributed by atoms with Gasteiger partial charge in [0.1, 0.15) is 0 Å². The summed E-state index contributed by atoms with van der Waals surface area (Å²) in [5, 5.41) is 9.23. The third-order valence-corrected chi connectivity index (χ3v) is 3.44. The molecule has 1 rings (SSSR count). The number of nitrogens with zero attached hydrogens (tertiary/aromatic N) is 2. The SMILES string of the molecule is CCN(C(=O)CN(C)C(C)(C)CO)C1CC1. The number of hydrogen-bond donors (Lipinski definition) is 1. The van der Waals surface area contributed by atoms with Gasteiger partial charge in [-0.2, -0.15) is 0 Å². The van der Waals surface area contributed by atoms with Gasteiger partial charge in [-0.05, 0) is 40.7 Å². The van der Waals surface area contributed by atoms with E-state index in [1.807, 2.05) is 37.6 Å². The van der Waals surface area contributed by atoms with Crippen LogP contribution in [0.3, 0.4) is 0 Å². The fraction of sp³-hybridized carbons (Fsp3) is 0.917. The summed E-state index contributed by atoms with van der Waals surface area (Å²) in [4.78, 5) is 15.9. The van der Waals surface area contributed by atoms with Crippen molar-refractivity contribution in [2.45, 2.75) is 45.2 Å². The molecule has 0 radical (unpaired) electrons. The summed E-state index contributed by atoms with van der Waals surface area (Å²) in [5.74, 6) is 0.175. The third kappa shape index (κ3) is 3.19. The van der Waals surface area contributed by atoms with Gasteiger partial charge >= 0.3 is 0 Å². The molecular formula is C12H24N2O2. The molecule has 0 aromatic heterocycles. The van der Waals surface area contributed by atoms with Crippen LogP contribution in [0.15, 0.2) is 0 Å². The van der Waals surface area contributed by atoms with Crippen LogP contribution in [0.1, 0.15) is 33.6 Å². The maximum absolute atomic E-state index is 12.0. The Morgan fingerprint density at radius 1 is 1.44 bits per heavy atom. The molecule has 0 saturated heterocycles. The molecule has 1 N–H and O–H groups in total. The Morgan fingerprint density at radius 2 is 2.00 bits per heavy atom. The molecule has 0 aromatic carbocycles. The molecule has 1 saturated carbocycles. The van der Waals surface area contributed by atoms with Crippen molar-refractivity contribution in [3.63, 3.8) is 0 Å². The Kier molecular flexibility index (Phi) is 4.33. The van der Waals surface area contributed by atoms with Crippen molar-refractivity contribution >= 4 is 5.91 Å². The van der Waals surface area contributed by atoms with E-state index in [1.165, 1.54) is 0 Å². The largest absolute Gasteiger partial charge is 0.394 e. The molecule has 0 spiro atoms. The van der Waals surface area contributed by atoms with E-state index in [9.17, 15) is 9.90 Å². The smallest absolute Gasteiger partial charge is 0.236 e. The molecule has 1 aliphatic rings. The molecule has 0 atom stereocenters. The van der Waals surface area contributed by atoms with Crippen LogP contribution in [0.2, 0.25) is 0 Å². The Bertz CT molecular complexity index is 249. The number of aliphatic hydroxyl groups is 1. The number of hydrogen-bond acceptors (Lipinski definition) is 3. The summed E-state index contributed by atoms with van der Waals surface area (Å²) in [5.41, 5.74) is -0.335. The van der Waals surface area contributed by atoms with Crippen LogP contribution in [0, 0.1) is 0 Å². The first-order chi connectivity index (χ1) is 7.42. The molecular weight excluding hydrogens is 204 g/mol. The molecule has 0 bridgehead atoms. The third-order valence-electron chi connectivity index (χ3n) is 3.44. The average Bonchev–Trinajstić information content (AvgIpc) is 3.03. The summed E-state index contributed by atoms with van der Waals surface area (Å²) in [7, 11) is 1.88. The van der Waals surface area contributed by atoms with Crippen molar-refractivity contribution in [3.05, 3.63) is 0 Å². The summed E-state index contributed by atoms with van der Waals surface area (Å²) in [6.45, 7) is 7.13. The van der Waals surface area contributed by atoms with Gasteiger partial charge in [0.05, 0.1) is 13.2 Å². The lowest BCUT2D eigenvalue weighted by atomic mass is 10.1. The standard InChI is InChI=1S/C12H24N2O2/c1-5-14(10-6-7-10)11(16)8-13(4)12(2,3)9-15/h10,15H,5-9H2,1-4H3. The van der Waals surface area contributed by atoms with E-state index in [2.05, 4.69) is 0 Å². The zero-order chi connectivity index (χ0) is 12.3. The van der Waals surface area contributed by atoms with Crippen molar-refractivity contribution in [1.82, 2.24) is 9.80 Å². The van der Waals surface area contributed by atoms with Crippen LogP contribution in [0.4, 0.5) is 0 Å². The number of rotatable bonds is 6. The molecule has 1 amide bonds. The Balaban J connectivity index is 2.49. The lowest BCUT2D eigenvalue weighted by Gasteiger charge is -2.34. The zero-order valence-corrected chi connectivity index (χ0v) is 10.9. The lowest BCUT2D eigenvalue weighted by Crippen LogP contribution is -2.50. The van der Waals surface area contributed by atoms with Gasteiger partial charge in [0.25, 0.3) is 0 Å². The number of amides is 1. The second-order valence-corrected chi connectivity index (χ2v) is 5.24. The first kappa shape index (κ1) is 13.5. The highest BCUT2D eigenvalue weighted by molar-refractivity contribution is 5.79. The number of carbonyl (C=O) groups excluding carboxylic acids is 1. The molecule has 0 aliphatic heterocycles. The minimum atomic E-state index is -0.335. The quantitative estimate of drug-likeness (QED) is 0.728. The van der Waals surface area contributed by atoms with Gasteiger partial charge < -0.3 is 10.0 Å². The summed E-state index contributed by atoms with van der Waals surface area (Å²) in [6.07, 6.45) is 2.29. The molecule has 1 aliphatic carbocycles. The van der Waals surface area contributed by atoms with Gasteiger partial charge in [-0.3, -0.25) is 9.69 Å². The van der Waals surface area contributed by atoms with Gasteiger partial charge in [-0.25, -0.2) is 0 Å². The van der Waals surface area contributed by atoms with Crippen LogP contribution >= 0.6 is 0 Å². The van der Waals surface area contributed by atoms with E-state index < -0.39 is 0 Å². The Hall–Kier alpha value is -0.610. The van der Waals surface area contributed by atoms with Gasteiger partial charge in [0, 0.05) is 18.1 Å². The maximum Gasteiger partial charge on any atom is 0.236 e. The highest BCUT2D eigenvalue weighted by atomic mass is 16.3. The van der Waals surface area contributed by atoms with E-state index in [0.717, 1.165) is 19.4 Å². The highest BCUT2D eigenvalue weighted by Gasteiger charge is 2.33. The minimum Gasteiger partial charge on any atom is -0.394 e. The lowest BCUT2D eigenvalue weighted by molar-refractivity contribution is -0.134. The molecule has 0 unspecified atom stereocenters. The molecule has 94 valence electrons. The number of aliphatic hydroxyl groups excluding tert-OH is 1. The van der Waals surface area contributed by atoms with Gasteiger partial charge in [-0.1, -0.05) is 0 Å². The van der Waals surface area contributed by atoms with Crippen LogP contribution in [0.5, 0.6) is 0 Å². The molecule has 1 fully saturated rings. The second kappa shape index (κ2) is 5.15. The van der Waals surface area contributed by atoms with Gasteiger partial charge in [0.2, 0.25) is 5.91 Å². The summed E-state index contributed by atoms with van der Waals surface area (Å²) in [6, 6.07) is 0.475. The molecule has 0 aromatic rings. The Labute approximate surface area is 98.2 Å². The normalized spacial score (nSPS) is 16.6. The topological polar surface area (TPSA) is 43.8 Å². The number of likely N-dealkylation sites (N-methyl/N-ethyl adjacent to an activating group) is 2. The van der Waals surface area contributed by atoms with Crippen molar-refractivity contribution in [2.24, 2.45) is 0 Å². The van der Waals surface area contributed by atoms with E-state index in [4.69, 9.17) is 0 Å². The molecule has 0 heterocycles. The molecule has 4 nitrogen and oxygen atoms in total. The zero-order valence-electron chi connectivity index (χ0n) is 10.9. The van der Waals surface area contributed by atoms with Crippen molar-refractivity contribution in [1.29, 1.82) is 0 Å². The van der Waals surface area contributed by atoms with Gasteiger partial charge in [0.15, 0.2) is 0 Å². The van der Waals surface area contributed by atoms with E-state index in [-0.39, 0.29) is 18.1 Å². The highest BCUT2D eigenvalue weighted by Crippen LogP contribution is 2.26. The van der Waals surface area contributed by atoms with Crippen molar-refractivity contribution in [2.75, 3.05) is 26.7 Å². The summed E-state index contributed by atoms with van der Waals surface area (Å²) >= 11 is 0. The van der Waals surface area contributed by atoms with Gasteiger partial charge in [-0.15, -0.1) is 0 Å².